The number of carbonyl (C=O) groups excluding carboxylic acids is 1. The molecule has 35 heavy (non-hydrogen) atoms. The first kappa shape index (κ1) is 22.7. The summed E-state index contributed by atoms with van der Waals surface area (Å²) < 4.78 is 17.9. The molecule has 2 aliphatic heterocycles. The molecule has 2 fully saturated rings. The second-order valence-electron chi connectivity index (χ2n) is 9.76. The third-order valence-corrected chi connectivity index (χ3v) is 9.09. The summed E-state index contributed by atoms with van der Waals surface area (Å²) in [5.74, 6) is 3.34. The first-order valence-electron chi connectivity index (χ1n) is 11.8. The fraction of sp³-hybridized carbons (Fsp3) is 0.522. The number of aromatic nitrogens is 4. The molecule has 0 unspecified atom stereocenters. The van der Waals surface area contributed by atoms with E-state index in [-0.39, 0.29) is 6.61 Å². The number of nitrogens with one attached hydrogen (secondary N) is 1. The Morgan fingerprint density at radius 3 is 2.77 bits per heavy atom. The average Bonchev–Trinajstić information content (AvgIpc) is 3.49. The first-order valence-corrected chi connectivity index (χ1v) is 13.5. The van der Waals surface area contributed by atoms with Crippen LogP contribution in [0.1, 0.15) is 37.2 Å². The van der Waals surface area contributed by atoms with Gasteiger partial charge in [0.15, 0.2) is 5.82 Å². The number of hydrogen-bond donors (Lipinski definition) is 2. The maximum absolute atomic E-state index is 12.8. The highest BCUT2D eigenvalue weighted by atomic mass is 35.5. The maximum atomic E-state index is 12.8. The molecule has 4 aliphatic rings. The Labute approximate surface area is 210 Å². The quantitative estimate of drug-likeness (QED) is 0.594. The molecule has 184 valence electrons. The number of hydrogen-bond acceptors (Lipinski definition) is 9. The Morgan fingerprint density at radius 2 is 2.09 bits per heavy atom. The van der Waals surface area contributed by atoms with Crippen LogP contribution in [0.2, 0.25) is 5.02 Å². The lowest BCUT2D eigenvalue weighted by molar-refractivity contribution is 0.101. The molecule has 0 bridgehead atoms. The van der Waals surface area contributed by atoms with Gasteiger partial charge >= 0.3 is 6.09 Å². The molecule has 1 saturated heterocycles. The SMILES string of the molecule is NC(=O)OCC1(Nc2nc(N3C[C@@H]4CC(c5ncc(Cl)cn5)=C[C@@H]4C3)nc3c2[S@@](=O)CC3)CCC1. The summed E-state index contributed by atoms with van der Waals surface area (Å²) in [5.41, 5.74) is 6.76. The van der Waals surface area contributed by atoms with E-state index >= 15 is 0 Å². The number of nitrogens with zero attached hydrogens (tertiary/aromatic N) is 5. The molecular formula is C23H26ClN7O3S. The van der Waals surface area contributed by atoms with Crippen LogP contribution in [0.25, 0.3) is 5.57 Å². The standard InChI is InChI=1S/C23H26ClN7O3S/c24-16-8-26-19(27-9-16)13-6-14-10-31(11-15(14)7-13)22-28-17-2-5-35(33)18(17)20(29-22)30-23(3-1-4-23)12-34-21(25)32/h6,8-9,14-15H,1-5,7,10-12H2,(H2,25,32)(H,28,29,30)/t14-,15+,35+/m1/s1. The van der Waals surface area contributed by atoms with Gasteiger partial charge in [-0.2, -0.15) is 4.98 Å². The van der Waals surface area contributed by atoms with Crippen molar-refractivity contribution in [3.63, 3.8) is 0 Å². The van der Waals surface area contributed by atoms with E-state index in [4.69, 9.17) is 32.0 Å². The van der Waals surface area contributed by atoms with Crippen molar-refractivity contribution in [1.82, 2.24) is 19.9 Å². The number of aryl methyl sites for hydroxylation is 1. The van der Waals surface area contributed by atoms with Crippen LogP contribution in [0.4, 0.5) is 16.6 Å². The van der Waals surface area contributed by atoms with Crippen LogP contribution < -0.4 is 16.0 Å². The lowest BCUT2D eigenvalue weighted by atomic mass is 9.77. The topological polar surface area (TPSA) is 136 Å². The summed E-state index contributed by atoms with van der Waals surface area (Å²) in [7, 11) is -1.15. The average molecular weight is 516 g/mol. The number of nitrogens with two attached hydrogens (primary N) is 1. The van der Waals surface area contributed by atoms with Gasteiger partial charge in [0.25, 0.3) is 0 Å². The third kappa shape index (κ3) is 4.24. The summed E-state index contributed by atoms with van der Waals surface area (Å²) in [6.07, 6.45) is 8.96. The van der Waals surface area contributed by atoms with E-state index in [1.165, 1.54) is 0 Å². The second-order valence-corrected chi connectivity index (χ2v) is 11.7. The summed E-state index contributed by atoms with van der Waals surface area (Å²) in [6, 6.07) is 0. The van der Waals surface area contributed by atoms with E-state index < -0.39 is 22.4 Å². The highest BCUT2D eigenvalue weighted by Crippen LogP contribution is 2.43. The Hall–Kier alpha value is -2.79. The number of fused-ring (bicyclic) bond motifs is 2. The molecule has 1 amide bonds. The molecule has 2 aliphatic carbocycles. The van der Waals surface area contributed by atoms with Gasteiger partial charge in [-0.25, -0.2) is 19.7 Å². The molecular weight excluding hydrogens is 490 g/mol. The minimum Gasteiger partial charge on any atom is -0.447 e. The van der Waals surface area contributed by atoms with Crippen molar-refractivity contribution in [3.8, 4) is 0 Å². The zero-order chi connectivity index (χ0) is 24.2. The zero-order valence-electron chi connectivity index (χ0n) is 19.1. The van der Waals surface area contributed by atoms with E-state index in [2.05, 4.69) is 26.3 Å². The third-order valence-electron chi connectivity index (χ3n) is 7.44. The molecule has 1 saturated carbocycles. The van der Waals surface area contributed by atoms with Gasteiger partial charge in [-0.3, -0.25) is 4.21 Å². The lowest BCUT2D eigenvalue weighted by Gasteiger charge is -2.42. The number of allylic oxidation sites excluding steroid dienone is 1. The summed E-state index contributed by atoms with van der Waals surface area (Å²) in [5, 5.41) is 4.01. The van der Waals surface area contributed by atoms with E-state index in [1.807, 2.05) is 0 Å². The van der Waals surface area contributed by atoms with E-state index in [9.17, 15) is 9.00 Å². The van der Waals surface area contributed by atoms with Gasteiger partial charge in [0.2, 0.25) is 5.95 Å². The Bertz CT molecular complexity index is 1230. The molecule has 3 atom stereocenters. The highest BCUT2D eigenvalue weighted by molar-refractivity contribution is 7.85. The second kappa shape index (κ2) is 8.70. The van der Waals surface area contributed by atoms with Crippen molar-refractivity contribution in [2.24, 2.45) is 17.6 Å². The maximum Gasteiger partial charge on any atom is 0.404 e. The lowest BCUT2D eigenvalue weighted by Crippen LogP contribution is -2.50. The van der Waals surface area contributed by atoms with Crippen molar-refractivity contribution in [3.05, 3.63) is 35.0 Å². The summed E-state index contributed by atoms with van der Waals surface area (Å²) in [4.78, 5) is 32.5. The number of rotatable bonds is 6. The van der Waals surface area contributed by atoms with Crippen LogP contribution in [0.5, 0.6) is 0 Å². The molecule has 2 aromatic rings. The number of halogens is 1. The molecule has 4 heterocycles. The number of carbonyl (C=O) groups is 1. The molecule has 0 spiro atoms. The summed E-state index contributed by atoms with van der Waals surface area (Å²) >= 11 is 5.93. The number of amides is 1. The van der Waals surface area contributed by atoms with Crippen LogP contribution >= 0.6 is 11.6 Å². The number of anilines is 2. The Kier molecular flexibility index (Phi) is 5.63. The predicted octanol–water partition coefficient (Wildman–Crippen LogP) is 2.55. The zero-order valence-corrected chi connectivity index (χ0v) is 20.6. The van der Waals surface area contributed by atoms with Crippen molar-refractivity contribution in [2.75, 3.05) is 35.7 Å². The molecule has 6 rings (SSSR count). The minimum absolute atomic E-state index is 0.164. The normalized spacial score (nSPS) is 26.0. The van der Waals surface area contributed by atoms with E-state index in [1.54, 1.807) is 12.4 Å². The van der Waals surface area contributed by atoms with E-state index in [0.29, 0.717) is 45.7 Å². The van der Waals surface area contributed by atoms with Gasteiger partial charge in [0.1, 0.15) is 17.3 Å². The van der Waals surface area contributed by atoms with Crippen LogP contribution in [0, 0.1) is 11.8 Å². The predicted molar refractivity (Wildman–Crippen MR) is 132 cm³/mol. The number of ether oxygens (including phenoxy) is 1. The van der Waals surface area contributed by atoms with Crippen LogP contribution in [-0.2, 0) is 22.0 Å². The largest absolute Gasteiger partial charge is 0.447 e. The van der Waals surface area contributed by atoms with Crippen molar-refractivity contribution >= 4 is 45.8 Å². The van der Waals surface area contributed by atoms with Gasteiger partial charge in [-0.05, 0) is 43.1 Å². The smallest absolute Gasteiger partial charge is 0.404 e. The molecule has 2 aromatic heterocycles. The van der Waals surface area contributed by atoms with Gasteiger partial charge in [-0.1, -0.05) is 17.7 Å². The highest BCUT2D eigenvalue weighted by Gasteiger charge is 2.42. The Balaban J connectivity index is 1.24. The van der Waals surface area contributed by atoms with Crippen molar-refractivity contribution < 1.29 is 13.7 Å². The monoisotopic (exact) mass is 515 g/mol. The van der Waals surface area contributed by atoms with Crippen LogP contribution in [-0.4, -0.2) is 61.2 Å². The van der Waals surface area contributed by atoms with Crippen LogP contribution in [0.15, 0.2) is 23.4 Å². The summed E-state index contributed by atoms with van der Waals surface area (Å²) in [6.45, 7) is 1.80. The number of primary amides is 1. The first-order chi connectivity index (χ1) is 16.9. The molecule has 10 nitrogen and oxygen atoms in total. The molecule has 12 heteroatoms. The van der Waals surface area contributed by atoms with E-state index in [0.717, 1.165) is 55.9 Å². The van der Waals surface area contributed by atoms with Crippen molar-refractivity contribution in [2.45, 2.75) is 42.5 Å². The van der Waals surface area contributed by atoms with Gasteiger partial charge in [-0.15, -0.1) is 0 Å². The van der Waals surface area contributed by atoms with Crippen molar-refractivity contribution in [1.29, 1.82) is 0 Å². The minimum atomic E-state index is -1.15. The fourth-order valence-corrected chi connectivity index (χ4v) is 6.90. The van der Waals surface area contributed by atoms with Crippen LogP contribution in [0.3, 0.4) is 0 Å². The molecule has 0 radical (unpaired) electrons. The van der Waals surface area contributed by atoms with Gasteiger partial charge < -0.3 is 20.7 Å². The van der Waals surface area contributed by atoms with Gasteiger partial charge in [0, 0.05) is 37.7 Å². The fourth-order valence-electron chi connectivity index (χ4n) is 5.50. The Morgan fingerprint density at radius 1 is 1.29 bits per heavy atom. The molecule has 0 aromatic carbocycles. The molecule has 3 N–H and O–H groups in total. The van der Waals surface area contributed by atoms with Gasteiger partial charge in [0.05, 0.1) is 27.1 Å².